The lowest BCUT2D eigenvalue weighted by molar-refractivity contribution is 0.0464. The number of anilines is 1. The second kappa shape index (κ2) is 5.33. The molecule has 0 aliphatic heterocycles. The number of aromatic nitrogens is 1. The molecule has 1 heterocycles. The second-order valence-corrected chi connectivity index (χ2v) is 5.71. The van der Waals surface area contributed by atoms with Crippen molar-refractivity contribution < 1.29 is 15.0 Å². The van der Waals surface area contributed by atoms with E-state index in [2.05, 4.69) is 4.98 Å². The molecule has 5 heteroatoms. The molecule has 1 aromatic carbocycles. The summed E-state index contributed by atoms with van der Waals surface area (Å²) in [5.74, 6) is -0.553. The van der Waals surface area contributed by atoms with Crippen LogP contribution in [0, 0.1) is 5.92 Å². The SMILES string of the molecule is CN(CC1CC(O)C1)c1c(C(=O)O)cnc2ccccc12. The number of aromatic carboxylic acids is 1. The highest BCUT2D eigenvalue weighted by molar-refractivity contribution is 6.04. The predicted octanol–water partition coefficient (Wildman–Crippen LogP) is 2.14. The van der Waals surface area contributed by atoms with Gasteiger partial charge in [0.1, 0.15) is 5.56 Å². The second-order valence-electron chi connectivity index (χ2n) is 5.71. The molecule has 1 aliphatic rings. The smallest absolute Gasteiger partial charge is 0.339 e. The van der Waals surface area contributed by atoms with Crippen LogP contribution in [0.15, 0.2) is 30.5 Å². The first-order chi connectivity index (χ1) is 10.1. The number of aliphatic hydroxyl groups is 1. The van der Waals surface area contributed by atoms with Crippen LogP contribution in [0.5, 0.6) is 0 Å². The van der Waals surface area contributed by atoms with E-state index in [1.165, 1.54) is 6.20 Å². The lowest BCUT2D eigenvalue weighted by atomic mass is 9.82. The highest BCUT2D eigenvalue weighted by atomic mass is 16.4. The Morgan fingerprint density at radius 2 is 2.10 bits per heavy atom. The predicted molar refractivity (Wildman–Crippen MR) is 80.7 cm³/mol. The third kappa shape index (κ3) is 2.56. The van der Waals surface area contributed by atoms with E-state index < -0.39 is 5.97 Å². The molecule has 2 N–H and O–H groups in total. The third-order valence-electron chi connectivity index (χ3n) is 4.10. The molecule has 1 aromatic heterocycles. The standard InChI is InChI=1S/C16H18N2O3/c1-18(9-10-6-11(19)7-10)15-12-4-2-3-5-14(12)17-8-13(15)16(20)21/h2-5,8,10-11,19H,6-7,9H2,1H3,(H,20,21). The first kappa shape index (κ1) is 13.8. The number of carbonyl (C=O) groups is 1. The minimum absolute atomic E-state index is 0.198. The van der Waals surface area contributed by atoms with Gasteiger partial charge in [-0.3, -0.25) is 4.98 Å². The first-order valence-corrected chi connectivity index (χ1v) is 7.06. The Labute approximate surface area is 122 Å². The van der Waals surface area contributed by atoms with Crippen LogP contribution in [0.4, 0.5) is 5.69 Å². The summed E-state index contributed by atoms with van der Waals surface area (Å²) in [7, 11) is 1.90. The van der Waals surface area contributed by atoms with E-state index in [1.807, 2.05) is 36.2 Å². The molecule has 21 heavy (non-hydrogen) atoms. The van der Waals surface area contributed by atoms with Crippen molar-refractivity contribution >= 4 is 22.6 Å². The lowest BCUT2D eigenvalue weighted by Crippen LogP contribution is -2.37. The molecule has 3 rings (SSSR count). The minimum Gasteiger partial charge on any atom is -0.478 e. The molecule has 110 valence electrons. The van der Waals surface area contributed by atoms with Gasteiger partial charge in [-0.1, -0.05) is 18.2 Å². The summed E-state index contributed by atoms with van der Waals surface area (Å²) in [6, 6.07) is 7.56. The number of rotatable bonds is 4. The fraction of sp³-hybridized carbons (Fsp3) is 0.375. The Morgan fingerprint density at radius 3 is 2.76 bits per heavy atom. The zero-order chi connectivity index (χ0) is 15.0. The van der Waals surface area contributed by atoms with Gasteiger partial charge in [-0.25, -0.2) is 4.79 Å². The fourth-order valence-electron chi connectivity index (χ4n) is 3.02. The van der Waals surface area contributed by atoms with Crippen LogP contribution >= 0.6 is 0 Å². The van der Waals surface area contributed by atoms with Gasteiger partial charge in [0.05, 0.1) is 17.3 Å². The third-order valence-corrected chi connectivity index (χ3v) is 4.10. The molecular weight excluding hydrogens is 268 g/mol. The van der Waals surface area contributed by atoms with Gasteiger partial charge in [0, 0.05) is 25.2 Å². The Hall–Kier alpha value is -2.14. The molecule has 0 unspecified atom stereocenters. The summed E-state index contributed by atoms with van der Waals surface area (Å²) in [6.07, 6.45) is 2.80. The van der Waals surface area contributed by atoms with Crippen molar-refractivity contribution in [2.24, 2.45) is 5.92 Å². The monoisotopic (exact) mass is 286 g/mol. The largest absolute Gasteiger partial charge is 0.478 e. The van der Waals surface area contributed by atoms with E-state index in [1.54, 1.807) is 0 Å². The van der Waals surface area contributed by atoms with Crippen LogP contribution in [0.3, 0.4) is 0 Å². The zero-order valence-corrected chi connectivity index (χ0v) is 11.9. The van der Waals surface area contributed by atoms with Crippen molar-refractivity contribution in [3.63, 3.8) is 0 Å². The van der Waals surface area contributed by atoms with Gasteiger partial charge >= 0.3 is 5.97 Å². The quantitative estimate of drug-likeness (QED) is 0.900. The van der Waals surface area contributed by atoms with Crippen LogP contribution in [0.2, 0.25) is 0 Å². The van der Waals surface area contributed by atoms with Crippen molar-refractivity contribution in [3.05, 3.63) is 36.0 Å². The summed E-state index contributed by atoms with van der Waals surface area (Å²) in [4.78, 5) is 17.7. The number of hydrogen-bond donors (Lipinski definition) is 2. The van der Waals surface area contributed by atoms with Crippen molar-refractivity contribution in [3.8, 4) is 0 Å². The molecule has 1 saturated carbocycles. The summed E-state index contributed by atoms with van der Waals surface area (Å²) >= 11 is 0. The maximum Gasteiger partial charge on any atom is 0.339 e. The van der Waals surface area contributed by atoms with E-state index in [0.29, 0.717) is 11.6 Å². The minimum atomic E-state index is -0.969. The number of carboxylic acids is 1. The fourth-order valence-corrected chi connectivity index (χ4v) is 3.02. The molecule has 0 atom stereocenters. The topological polar surface area (TPSA) is 73.7 Å². The lowest BCUT2D eigenvalue weighted by Gasteiger charge is -2.35. The number of fused-ring (bicyclic) bond motifs is 1. The molecule has 0 bridgehead atoms. The summed E-state index contributed by atoms with van der Waals surface area (Å²) < 4.78 is 0. The summed E-state index contributed by atoms with van der Waals surface area (Å²) in [5, 5.41) is 19.7. The molecule has 2 aromatic rings. The summed E-state index contributed by atoms with van der Waals surface area (Å²) in [6.45, 7) is 0.741. The molecular formula is C16H18N2O3. The number of nitrogens with zero attached hydrogens (tertiary/aromatic N) is 2. The Kier molecular flexibility index (Phi) is 3.51. The molecule has 0 spiro atoms. The molecule has 0 radical (unpaired) electrons. The van der Waals surface area contributed by atoms with Gasteiger partial charge in [0.25, 0.3) is 0 Å². The van der Waals surface area contributed by atoms with E-state index in [-0.39, 0.29) is 11.7 Å². The van der Waals surface area contributed by atoms with Gasteiger partial charge in [-0.2, -0.15) is 0 Å². The Morgan fingerprint density at radius 1 is 1.38 bits per heavy atom. The van der Waals surface area contributed by atoms with Crippen LogP contribution in [0.1, 0.15) is 23.2 Å². The number of carboxylic acid groups (broad SMARTS) is 1. The van der Waals surface area contributed by atoms with Gasteiger partial charge < -0.3 is 15.1 Å². The van der Waals surface area contributed by atoms with E-state index >= 15 is 0 Å². The Bertz CT molecular complexity index is 680. The van der Waals surface area contributed by atoms with Crippen molar-refractivity contribution in [1.82, 2.24) is 4.98 Å². The van der Waals surface area contributed by atoms with Gasteiger partial charge in [-0.05, 0) is 24.8 Å². The highest BCUT2D eigenvalue weighted by Crippen LogP contribution is 2.33. The number of aliphatic hydroxyl groups excluding tert-OH is 1. The van der Waals surface area contributed by atoms with Gasteiger partial charge in [-0.15, -0.1) is 0 Å². The average molecular weight is 286 g/mol. The number of hydrogen-bond acceptors (Lipinski definition) is 4. The molecule has 0 amide bonds. The van der Waals surface area contributed by atoms with E-state index in [0.717, 1.165) is 30.3 Å². The van der Waals surface area contributed by atoms with Crippen molar-refractivity contribution in [2.45, 2.75) is 18.9 Å². The van der Waals surface area contributed by atoms with Crippen LogP contribution in [-0.2, 0) is 0 Å². The van der Waals surface area contributed by atoms with Crippen molar-refractivity contribution in [2.75, 3.05) is 18.5 Å². The maximum absolute atomic E-state index is 11.5. The molecule has 1 fully saturated rings. The van der Waals surface area contributed by atoms with Gasteiger partial charge in [0.2, 0.25) is 0 Å². The summed E-state index contributed by atoms with van der Waals surface area (Å²) in [5.41, 5.74) is 1.71. The highest BCUT2D eigenvalue weighted by Gasteiger charge is 2.29. The first-order valence-electron chi connectivity index (χ1n) is 7.06. The maximum atomic E-state index is 11.5. The van der Waals surface area contributed by atoms with Crippen LogP contribution in [0.25, 0.3) is 10.9 Å². The van der Waals surface area contributed by atoms with Gasteiger partial charge in [0.15, 0.2) is 0 Å². The molecule has 5 nitrogen and oxygen atoms in total. The van der Waals surface area contributed by atoms with Crippen LogP contribution < -0.4 is 4.90 Å². The average Bonchev–Trinajstić information content (AvgIpc) is 2.44. The van der Waals surface area contributed by atoms with Crippen LogP contribution in [-0.4, -0.2) is 40.9 Å². The zero-order valence-electron chi connectivity index (χ0n) is 11.9. The number of pyridine rings is 1. The molecule has 0 saturated heterocycles. The number of para-hydroxylation sites is 1. The van der Waals surface area contributed by atoms with Crippen molar-refractivity contribution in [1.29, 1.82) is 0 Å². The molecule has 1 aliphatic carbocycles. The number of benzene rings is 1. The normalized spacial score (nSPS) is 21.0. The van der Waals surface area contributed by atoms with E-state index in [9.17, 15) is 15.0 Å². The van der Waals surface area contributed by atoms with E-state index in [4.69, 9.17) is 0 Å². The Balaban J connectivity index is 2.01.